The summed E-state index contributed by atoms with van der Waals surface area (Å²) in [6.07, 6.45) is 4.51. The van der Waals surface area contributed by atoms with Gasteiger partial charge in [-0.1, -0.05) is 61.0 Å². The summed E-state index contributed by atoms with van der Waals surface area (Å²) in [6.45, 7) is 5.04. The van der Waals surface area contributed by atoms with Gasteiger partial charge in [-0.15, -0.1) is 0 Å². The van der Waals surface area contributed by atoms with E-state index in [0.717, 1.165) is 17.7 Å². The maximum absolute atomic E-state index is 12.2. The number of nitrogens with one attached hydrogen (secondary N) is 1. The fourth-order valence-electron chi connectivity index (χ4n) is 3.67. The number of rotatable bonds is 7. The van der Waals surface area contributed by atoms with Gasteiger partial charge in [0.2, 0.25) is 5.91 Å². The van der Waals surface area contributed by atoms with E-state index in [9.17, 15) is 4.79 Å². The van der Waals surface area contributed by atoms with E-state index in [1.54, 1.807) is 0 Å². The minimum atomic E-state index is -0.521. The van der Waals surface area contributed by atoms with E-state index < -0.39 is 6.04 Å². The monoisotopic (exact) mass is 365 g/mol. The summed E-state index contributed by atoms with van der Waals surface area (Å²) in [7, 11) is 0. The second-order valence-electron chi connectivity index (χ2n) is 7.65. The zero-order valence-corrected chi connectivity index (χ0v) is 16.2. The molecule has 2 unspecified atom stereocenters. The lowest BCUT2D eigenvalue weighted by atomic mass is 10.0. The van der Waals surface area contributed by atoms with Crippen LogP contribution < -0.4 is 11.1 Å². The number of nitrogens with two attached hydrogens (primary N) is 1. The Morgan fingerprint density at radius 2 is 1.78 bits per heavy atom. The van der Waals surface area contributed by atoms with Crippen LogP contribution >= 0.6 is 0 Å². The molecule has 144 valence electrons. The van der Waals surface area contributed by atoms with E-state index in [1.165, 1.54) is 31.4 Å². The molecule has 0 saturated carbocycles. The summed E-state index contributed by atoms with van der Waals surface area (Å²) >= 11 is 0. The van der Waals surface area contributed by atoms with Gasteiger partial charge in [0.1, 0.15) is 0 Å². The average molecular weight is 366 g/mol. The van der Waals surface area contributed by atoms with Crippen molar-refractivity contribution < 1.29 is 4.79 Å². The number of benzene rings is 2. The number of carbonyl (C=O) groups excluding carboxylic acids is 1. The molecule has 1 amide bonds. The van der Waals surface area contributed by atoms with E-state index in [0.29, 0.717) is 19.0 Å². The first-order chi connectivity index (χ1) is 13.1. The second-order valence-corrected chi connectivity index (χ2v) is 7.65. The van der Waals surface area contributed by atoms with Crippen LogP contribution in [0.5, 0.6) is 0 Å². The van der Waals surface area contributed by atoms with E-state index >= 15 is 0 Å². The lowest BCUT2D eigenvalue weighted by molar-refractivity contribution is -0.122. The fourth-order valence-corrected chi connectivity index (χ4v) is 3.67. The van der Waals surface area contributed by atoms with Gasteiger partial charge in [-0.05, 0) is 49.4 Å². The summed E-state index contributed by atoms with van der Waals surface area (Å²) in [5.74, 6) is -0.106. The number of hydrogen-bond donors (Lipinski definition) is 2. The summed E-state index contributed by atoms with van der Waals surface area (Å²) in [5.41, 5.74) is 9.55. The van der Waals surface area contributed by atoms with Crippen LogP contribution in [0.15, 0.2) is 54.6 Å². The molecule has 4 nitrogen and oxygen atoms in total. The van der Waals surface area contributed by atoms with E-state index in [2.05, 4.69) is 41.4 Å². The molecule has 1 heterocycles. The number of likely N-dealkylation sites (tertiary alicyclic amines) is 1. The Balaban J connectivity index is 1.46. The molecule has 0 spiro atoms. The summed E-state index contributed by atoms with van der Waals surface area (Å²) < 4.78 is 0. The highest BCUT2D eigenvalue weighted by molar-refractivity contribution is 5.81. The zero-order valence-electron chi connectivity index (χ0n) is 16.2. The van der Waals surface area contributed by atoms with Crippen molar-refractivity contribution in [1.29, 1.82) is 0 Å². The minimum absolute atomic E-state index is 0.106. The van der Waals surface area contributed by atoms with Gasteiger partial charge in [0.25, 0.3) is 0 Å². The molecule has 2 aromatic rings. The van der Waals surface area contributed by atoms with Crippen LogP contribution in [-0.2, 0) is 24.3 Å². The summed E-state index contributed by atoms with van der Waals surface area (Å²) in [6, 6.07) is 18.6. The number of nitrogens with zero attached hydrogens (tertiary/aromatic N) is 1. The smallest absolute Gasteiger partial charge is 0.237 e. The lowest BCUT2D eigenvalue weighted by Gasteiger charge is -2.33. The van der Waals surface area contributed by atoms with Gasteiger partial charge in [0.05, 0.1) is 6.04 Å². The van der Waals surface area contributed by atoms with Crippen molar-refractivity contribution in [3.8, 4) is 0 Å². The molecule has 1 aliphatic rings. The van der Waals surface area contributed by atoms with Crippen molar-refractivity contribution in [2.24, 2.45) is 5.73 Å². The Kier molecular flexibility index (Phi) is 7.02. The van der Waals surface area contributed by atoms with Crippen LogP contribution in [0.3, 0.4) is 0 Å². The van der Waals surface area contributed by atoms with Crippen LogP contribution in [0.25, 0.3) is 0 Å². The number of carbonyl (C=O) groups is 1. The Hall–Kier alpha value is -2.17. The molecule has 3 rings (SSSR count). The Labute approximate surface area is 162 Å². The highest BCUT2D eigenvalue weighted by atomic mass is 16.2. The molecule has 0 aromatic heterocycles. The highest BCUT2D eigenvalue weighted by Gasteiger charge is 2.18. The van der Waals surface area contributed by atoms with Crippen LogP contribution in [0.1, 0.15) is 42.9 Å². The topological polar surface area (TPSA) is 58.4 Å². The average Bonchev–Trinajstić information content (AvgIpc) is 2.69. The molecule has 0 radical (unpaired) electrons. The minimum Gasteiger partial charge on any atom is -0.351 e. The van der Waals surface area contributed by atoms with Crippen LogP contribution in [-0.4, -0.2) is 29.4 Å². The second kappa shape index (κ2) is 9.67. The standard InChI is InChI=1S/C23H31N3O/c1-18-7-5-6-14-26(18)17-21-12-10-20(11-13-21)16-25-23(27)22(24)15-19-8-3-2-4-9-19/h2-4,8-13,18,22H,5-7,14-17,24H2,1H3,(H,25,27). The van der Waals surface area contributed by atoms with Crippen molar-refractivity contribution in [3.05, 3.63) is 71.3 Å². The van der Waals surface area contributed by atoms with Gasteiger partial charge in [-0.25, -0.2) is 0 Å². The van der Waals surface area contributed by atoms with Gasteiger partial charge in [-0.2, -0.15) is 0 Å². The molecule has 1 aliphatic heterocycles. The maximum atomic E-state index is 12.2. The largest absolute Gasteiger partial charge is 0.351 e. The lowest BCUT2D eigenvalue weighted by Crippen LogP contribution is -2.41. The normalized spacial score (nSPS) is 18.8. The Bertz CT molecular complexity index is 714. The molecule has 2 aromatic carbocycles. The van der Waals surface area contributed by atoms with Gasteiger partial charge < -0.3 is 11.1 Å². The van der Waals surface area contributed by atoms with Crippen molar-refractivity contribution in [2.45, 2.75) is 57.8 Å². The van der Waals surface area contributed by atoms with Crippen molar-refractivity contribution >= 4 is 5.91 Å². The maximum Gasteiger partial charge on any atom is 0.237 e. The van der Waals surface area contributed by atoms with Gasteiger partial charge in [0.15, 0.2) is 0 Å². The number of amides is 1. The molecule has 27 heavy (non-hydrogen) atoms. The Morgan fingerprint density at radius 1 is 1.07 bits per heavy atom. The van der Waals surface area contributed by atoms with E-state index in [4.69, 9.17) is 5.73 Å². The zero-order chi connectivity index (χ0) is 19.1. The first-order valence-corrected chi connectivity index (χ1v) is 10.0. The molecular weight excluding hydrogens is 334 g/mol. The first-order valence-electron chi connectivity index (χ1n) is 10.0. The quantitative estimate of drug-likeness (QED) is 0.792. The molecule has 4 heteroatoms. The van der Waals surface area contributed by atoms with E-state index in [1.807, 2.05) is 30.3 Å². The molecular formula is C23H31N3O. The van der Waals surface area contributed by atoms with Gasteiger partial charge in [0, 0.05) is 19.1 Å². The molecule has 0 bridgehead atoms. The number of hydrogen-bond acceptors (Lipinski definition) is 3. The predicted molar refractivity (Wildman–Crippen MR) is 110 cm³/mol. The predicted octanol–water partition coefficient (Wildman–Crippen LogP) is 3.25. The summed E-state index contributed by atoms with van der Waals surface area (Å²) in [5, 5.41) is 2.95. The third-order valence-corrected chi connectivity index (χ3v) is 5.45. The van der Waals surface area contributed by atoms with Crippen LogP contribution in [0, 0.1) is 0 Å². The van der Waals surface area contributed by atoms with Crippen molar-refractivity contribution in [3.63, 3.8) is 0 Å². The van der Waals surface area contributed by atoms with Crippen molar-refractivity contribution in [2.75, 3.05) is 6.54 Å². The van der Waals surface area contributed by atoms with Gasteiger partial charge in [-0.3, -0.25) is 9.69 Å². The molecule has 1 fully saturated rings. The first kappa shape index (κ1) is 19.6. The van der Waals surface area contributed by atoms with Gasteiger partial charge >= 0.3 is 0 Å². The highest BCUT2D eigenvalue weighted by Crippen LogP contribution is 2.19. The third kappa shape index (κ3) is 5.91. The number of piperidine rings is 1. The van der Waals surface area contributed by atoms with E-state index in [-0.39, 0.29) is 5.91 Å². The molecule has 3 N–H and O–H groups in total. The third-order valence-electron chi connectivity index (χ3n) is 5.45. The van der Waals surface area contributed by atoms with Crippen LogP contribution in [0.4, 0.5) is 0 Å². The SMILES string of the molecule is CC1CCCCN1Cc1ccc(CNC(=O)C(N)Cc2ccccc2)cc1. The molecule has 0 aliphatic carbocycles. The summed E-state index contributed by atoms with van der Waals surface area (Å²) in [4.78, 5) is 14.8. The van der Waals surface area contributed by atoms with Crippen LogP contribution in [0.2, 0.25) is 0 Å². The Morgan fingerprint density at radius 3 is 2.48 bits per heavy atom. The molecule has 1 saturated heterocycles. The van der Waals surface area contributed by atoms with Crippen molar-refractivity contribution in [1.82, 2.24) is 10.2 Å². The molecule has 2 atom stereocenters. The fraction of sp³-hybridized carbons (Fsp3) is 0.435.